The Morgan fingerprint density at radius 3 is 2.71 bits per heavy atom. The number of hydrogen-bond donors (Lipinski definition) is 0. The van der Waals surface area contributed by atoms with Crippen molar-refractivity contribution < 1.29 is 9.47 Å². The smallest absolute Gasteiger partial charge is 0.126 e. The van der Waals surface area contributed by atoms with Gasteiger partial charge in [-0.25, -0.2) is 0 Å². The summed E-state index contributed by atoms with van der Waals surface area (Å²) in [6, 6.07) is 6.19. The molecule has 2 rings (SSSR count). The summed E-state index contributed by atoms with van der Waals surface area (Å²) in [5, 5.41) is 0. The van der Waals surface area contributed by atoms with Gasteiger partial charge in [0, 0.05) is 17.0 Å². The second-order valence-electron chi connectivity index (χ2n) is 7.85. The molecule has 1 unspecified atom stereocenters. The Morgan fingerprint density at radius 1 is 1.33 bits per heavy atom. The van der Waals surface area contributed by atoms with Crippen LogP contribution in [-0.4, -0.2) is 12.7 Å². The number of hydrogen-bond acceptors (Lipinski definition) is 2. The third-order valence-electron chi connectivity index (χ3n) is 3.73. The van der Waals surface area contributed by atoms with Crippen molar-refractivity contribution in [1.29, 1.82) is 0 Å². The second kappa shape index (κ2) is 5.75. The molecule has 0 saturated carbocycles. The van der Waals surface area contributed by atoms with Crippen LogP contribution in [0.1, 0.15) is 53.5 Å². The van der Waals surface area contributed by atoms with Crippen LogP contribution in [0.2, 0.25) is 0 Å². The van der Waals surface area contributed by atoms with Crippen LogP contribution in [0.3, 0.4) is 0 Å². The fraction of sp³-hybridized carbons (Fsp3) is 0.579. The Kier molecular flexibility index (Phi) is 4.36. The van der Waals surface area contributed by atoms with Gasteiger partial charge in [0.25, 0.3) is 0 Å². The minimum absolute atomic E-state index is 0.0693. The van der Waals surface area contributed by atoms with E-state index in [0.29, 0.717) is 5.41 Å². The molecular weight excluding hydrogens is 260 g/mol. The van der Waals surface area contributed by atoms with Gasteiger partial charge in [-0.1, -0.05) is 46.8 Å². The molecule has 0 radical (unpaired) electrons. The molecule has 0 amide bonds. The standard InChI is InChI=1S/C19H28O2/c1-14(8-7-11-18(2,3)4)21-15-9-10-16-17(12-15)20-13-19(16,5)6/h7-10,12,14H,11,13H2,1-6H3. The maximum Gasteiger partial charge on any atom is 0.126 e. The Bertz CT molecular complexity index is 521. The molecule has 1 aliphatic heterocycles. The molecular formula is C19H28O2. The highest BCUT2D eigenvalue weighted by Crippen LogP contribution is 2.40. The SMILES string of the molecule is CC(C=CCC(C)(C)C)Oc1ccc2c(c1)OCC2(C)C. The lowest BCUT2D eigenvalue weighted by Gasteiger charge is -2.17. The zero-order valence-electron chi connectivity index (χ0n) is 14.2. The molecule has 2 nitrogen and oxygen atoms in total. The van der Waals surface area contributed by atoms with Crippen molar-refractivity contribution in [3.05, 3.63) is 35.9 Å². The van der Waals surface area contributed by atoms with Crippen LogP contribution < -0.4 is 9.47 Å². The molecule has 0 bridgehead atoms. The van der Waals surface area contributed by atoms with Crippen LogP contribution >= 0.6 is 0 Å². The van der Waals surface area contributed by atoms with Crippen LogP contribution in [0.25, 0.3) is 0 Å². The van der Waals surface area contributed by atoms with Gasteiger partial charge in [0.1, 0.15) is 17.6 Å². The number of allylic oxidation sites excluding steroid dienone is 1. The average Bonchev–Trinajstić information content (AvgIpc) is 2.63. The summed E-state index contributed by atoms with van der Waals surface area (Å²) in [6.07, 6.45) is 5.46. The third-order valence-corrected chi connectivity index (χ3v) is 3.73. The van der Waals surface area contributed by atoms with E-state index in [1.165, 1.54) is 5.56 Å². The van der Waals surface area contributed by atoms with Crippen LogP contribution in [0.15, 0.2) is 30.4 Å². The van der Waals surface area contributed by atoms with Crippen molar-refractivity contribution in [2.45, 2.75) is 59.5 Å². The van der Waals surface area contributed by atoms with Crippen molar-refractivity contribution >= 4 is 0 Å². The molecule has 0 saturated heterocycles. The summed E-state index contributed by atoms with van der Waals surface area (Å²) in [5.41, 5.74) is 1.70. The Labute approximate surface area is 129 Å². The molecule has 116 valence electrons. The normalized spacial score (nSPS) is 18.4. The Morgan fingerprint density at radius 2 is 2.05 bits per heavy atom. The summed E-state index contributed by atoms with van der Waals surface area (Å²) in [6.45, 7) is 13.9. The molecule has 0 spiro atoms. The first-order valence-corrected chi connectivity index (χ1v) is 7.78. The second-order valence-corrected chi connectivity index (χ2v) is 7.85. The molecule has 2 heteroatoms. The minimum atomic E-state index is 0.0693. The summed E-state index contributed by atoms with van der Waals surface area (Å²) < 4.78 is 11.7. The highest BCUT2D eigenvalue weighted by molar-refractivity contribution is 5.47. The molecule has 0 N–H and O–H groups in total. The van der Waals surface area contributed by atoms with Crippen molar-refractivity contribution in [3.8, 4) is 11.5 Å². The van der Waals surface area contributed by atoms with Gasteiger partial charge in [-0.15, -0.1) is 0 Å². The van der Waals surface area contributed by atoms with Crippen molar-refractivity contribution in [1.82, 2.24) is 0 Å². The van der Waals surface area contributed by atoms with E-state index in [9.17, 15) is 0 Å². The van der Waals surface area contributed by atoms with Gasteiger partial charge in [-0.2, -0.15) is 0 Å². The highest BCUT2D eigenvalue weighted by atomic mass is 16.5. The molecule has 1 aromatic rings. The van der Waals surface area contributed by atoms with Gasteiger partial charge in [-0.3, -0.25) is 0 Å². The fourth-order valence-electron chi connectivity index (χ4n) is 2.46. The van der Waals surface area contributed by atoms with E-state index in [1.54, 1.807) is 0 Å². The lowest BCUT2D eigenvalue weighted by atomic mass is 9.87. The van der Waals surface area contributed by atoms with Gasteiger partial charge in [-0.05, 0) is 30.9 Å². The summed E-state index contributed by atoms with van der Waals surface area (Å²) in [4.78, 5) is 0. The molecule has 1 aliphatic rings. The summed E-state index contributed by atoms with van der Waals surface area (Å²) in [7, 11) is 0. The Hall–Kier alpha value is -1.44. The highest BCUT2D eigenvalue weighted by Gasteiger charge is 2.31. The van der Waals surface area contributed by atoms with Gasteiger partial charge < -0.3 is 9.47 Å². The molecule has 1 heterocycles. The topological polar surface area (TPSA) is 18.5 Å². The van der Waals surface area contributed by atoms with Crippen LogP contribution in [0, 0.1) is 5.41 Å². The molecule has 21 heavy (non-hydrogen) atoms. The first kappa shape index (κ1) is 15.9. The van der Waals surface area contributed by atoms with Crippen LogP contribution in [-0.2, 0) is 5.41 Å². The van der Waals surface area contributed by atoms with Crippen LogP contribution in [0.4, 0.5) is 0 Å². The van der Waals surface area contributed by atoms with Crippen molar-refractivity contribution in [3.63, 3.8) is 0 Å². The van der Waals surface area contributed by atoms with Gasteiger partial charge in [0.05, 0.1) is 6.61 Å². The first-order valence-electron chi connectivity index (χ1n) is 7.78. The quantitative estimate of drug-likeness (QED) is 0.716. The van der Waals surface area contributed by atoms with Crippen molar-refractivity contribution in [2.24, 2.45) is 5.41 Å². The number of fused-ring (bicyclic) bond motifs is 1. The average molecular weight is 288 g/mol. The van der Waals surface area contributed by atoms with E-state index in [0.717, 1.165) is 24.5 Å². The lowest BCUT2D eigenvalue weighted by molar-refractivity contribution is 0.265. The van der Waals surface area contributed by atoms with E-state index in [2.05, 4.69) is 59.8 Å². The van der Waals surface area contributed by atoms with E-state index < -0.39 is 0 Å². The van der Waals surface area contributed by atoms with Gasteiger partial charge >= 0.3 is 0 Å². The van der Waals surface area contributed by atoms with Gasteiger partial charge in [0.2, 0.25) is 0 Å². The zero-order chi connectivity index (χ0) is 15.7. The largest absolute Gasteiger partial charge is 0.492 e. The van der Waals surface area contributed by atoms with E-state index in [4.69, 9.17) is 9.47 Å². The third kappa shape index (κ3) is 4.26. The lowest BCUT2D eigenvalue weighted by Crippen LogP contribution is -2.18. The maximum absolute atomic E-state index is 5.96. The zero-order valence-corrected chi connectivity index (χ0v) is 14.2. The Balaban J connectivity index is 1.98. The number of ether oxygens (including phenoxy) is 2. The summed E-state index contributed by atoms with van der Waals surface area (Å²) >= 11 is 0. The number of rotatable bonds is 4. The van der Waals surface area contributed by atoms with Crippen molar-refractivity contribution in [2.75, 3.05) is 6.61 Å². The van der Waals surface area contributed by atoms with E-state index >= 15 is 0 Å². The predicted octanol–water partition coefficient (Wildman–Crippen LogP) is 5.12. The first-order chi connectivity index (χ1) is 9.67. The molecule has 1 atom stereocenters. The molecule has 1 aromatic carbocycles. The molecule has 0 aromatic heterocycles. The number of benzene rings is 1. The molecule has 0 aliphatic carbocycles. The maximum atomic E-state index is 5.96. The fourth-order valence-corrected chi connectivity index (χ4v) is 2.46. The predicted molar refractivity (Wildman–Crippen MR) is 88.3 cm³/mol. The van der Waals surface area contributed by atoms with E-state index in [-0.39, 0.29) is 11.5 Å². The summed E-state index contributed by atoms with van der Waals surface area (Å²) in [5.74, 6) is 1.84. The van der Waals surface area contributed by atoms with Gasteiger partial charge in [0.15, 0.2) is 0 Å². The monoisotopic (exact) mass is 288 g/mol. The van der Waals surface area contributed by atoms with E-state index in [1.807, 2.05) is 12.1 Å². The minimum Gasteiger partial charge on any atom is -0.492 e. The van der Waals surface area contributed by atoms with Crippen LogP contribution in [0.5, 0.6) is 11.5 Å². The molecule has 0 fully saturated rings.